The third-order valence-corrected chi connectivity index (χ3v) is 5.20. The predicted octanol–water partition coefficient (Wildman–Crippen LogP) is 4.06. The summed E-state index contributed by atoms with van der Waals surface area (Å²) in [6.07, 6.45) is 3.22. The van der Waals surface area contributed by atoms with Gasteiger partial charge < -0.3 is 15.1 Å². The molecule has 1 fully saturated rings. The van der Waals surface area contributed by atoms with Crippen LogP contribution in [-0.4, -0.2) is 54.3 Å². The van der Waals surface area contributed by atoms with Crippen molar-refractivity contribution < 1.29 is 9.59 Å². The van der Waals surface area contributed by atoms with Crippen molar-refractivity contribution in [2.75, 3.05) is 38.0 Å². The lowest BCUT2D eigenvalue weighted by atomic mass is 10.1. The summed E-state index contributed by atoms with van der Waals surface area (Å²) < 4.78 is 0. The minimum Gasteiger partial charge on any atom is -0.323 e. The highest BCUT2D eigenvalue weighted by Crippen LogP contribution is 2.12. The molecule has 3 rings (SSSR count). The molecule has 0 aromatic heterocycles. The summed E-state index contributed by atoms with van der Waals surface area (Å²) in [6, 6.07) is 17.6. The van der Waals surface area contributed by atoms with E-state index in [1.165, 1.54) is 12.5 Å². The number of nitrogens with one attached hydrogen (secondary N) is 1. The Balaban J connectivity index is 1.43. The van der Waals surface area contributed by atoms with Gasteiger partial charge >= 0.3 is 6.03 Å². The van der Waals surface area contributed by atoms with Crippen LogP contribution in [0.3, 0.4) is 0 Å². The Kier molecular flexibility index (Phi) is 7.20. The number of ketones is 1. The van der Waals surface area contributed by atoms with E-state index in [4.69, 9.17) is 0 Å². The van der Waals surface area contributed by atoms with Gasteiger partial charge in [0, 0.05) is 30.9 Å². The van der Waals surface area contributed by atoms with E-state index in [1.807, 2.05) is 4.90 Å². The largest absolute Gasteiger partial charge is 0.323 e. The molecule has 0 bridgehead atoms. The van der Waals surface area contributed by atoms with Gasteiger partial charge in [0.05, 0.1) is 0 Å². The van der Waals surface area contributed by atoms with E-state index in [0.717, 1.165) is 57.7 Å². The Morgan fingerprint density at radius 1 is 0.929 bits per heavy atom. The zero-order valence-electron chi connectivity index (χ0n) is 16.6. The molecule has 0 aliphatic carbocycles. The van der Waals surface area contributed by atoms with E-state index in [9.17, 15) is 9.59 Å². The summed E-state index contributed by atoms with van der Waals surface area (Å²) >= 11 is 0. The van der Waals surface area contributed by atoms with Crippen molar-refractivity contribution in [2.45, 2.75) is 26.2 Å². The van der Waals surface area contributed by atoms with Crippen molar-refractivity contribution in [3.63, 3.8) is 0 Å². The van der Waals surface area contributed by atoms with Crippen molar-refractivity contribution in [3.8, 4) is 0 Å². The molecule has 1 N–H and O–H groups in total. The number of nitrogens with zero attached hydrogens (tertiary/aromatic N) is 2. The normalized spacial score (nSPS) is 15.1. The second-order valence-corrected chi connectivity index (χ2v) is 7.34. The van der Waals surface area contributed by atoms with Crippen molar-refractivity contribution >= 4 is 17.5 Å². The summed E-state index contributed by atoms with van der Waals surface area (Å²) in [5.74, 6) is 0.0257. The monoisotopic (exact) mass is 379 g/mol. The molecular weight excluding hydrogens is 350 g/mol. The van der Waals surface area contributed by atoms with Crippen molar-refractivity contribution in [3.05, 3.63) is 65.7 Å². The fourth-order valence-corrected chi connectivity index (χ4v) is 3.54. The van der Waals surface area contributed by atoms with Crippen molar-refractivity contribution in [1.82, 2.24) is 9.80 Å². The van der Waals surface area contributed by atoms with Gasteiger partial charge in [-0.25, -0.2) is 4.79 Å². The van der Waals surface area contributed by atoms with Crippen LogP contribution in [0, 0.1) is 0 Å². The number of urea groups is 1. The summed E-state index contributed by atoms with van der Waals surface area (Å²) in [4.78, 5) is 28.3. The fourth-order valence-electron chi connectivity index (χ4n) is 3.54. The Bertz CT molecular complexity index is 774. The third-order valence-electron chi connectivity index (χ3n) is 5.20. The van der Waals surface area contributed by atoms with Crippen LogP contribution >= 0.6 is 0 Å². The highest BCUT2D eigenvalue weighted by Gasteiger charge is 2.19. The quantitative estimate of drug-likeness (QED) is 0.770. The molecule has 2 aromatic rings. The fraction of sp³-hybridized carbons (Fsp3) is 0.391. The lowest BCUT2D eigenvalue weighted by Gasteiger charge is -2.22. The molecule has 1 heterocycles. The Morgan fingerprint density at radius 3 is 2.39 bits per heavy atom. The summed E-state index contributed by atoms with van der Waals surface area (Å²) in [6.45, 7) is 6.06. The van der Waals surface area contributed by atoms with Gasteiger partial charge in [-0.3, -0.25) is 4.79 Å². The second-order valence-electron chi connectivity index (χ2n) is 7.34. The molecule has 5 heteroatoms. The zero-order chi connectivity index (χ0) is 19.8. The van der Waals surface area contributed by atoms with Crippen LogP contribution in [-0.2, 0) is 6.42 Å². The van der Waals surface area contributed by atoms with Gasteiger partial charge in [0.15, 0.2) is 5.78 Å². The Labute approximate surface area is 167 Å². The topological polar surface area (TPSA) is 52.7 Å². The highest BCUT2D eigenvalue weighted by atomic mass is 16.2. The maximum absolute atomic E-state index is 12.6. The number of amides is 2. The van der Waals surface area contributed by atoms with Gasteiger partial charge in [-0.05, 0) is 69.1 Å². The number of carbonyl (C=O) groups is 2. The first-order chi connectivity index (χ1) is 13.6. The zero-order valence-corrected chi connectivity index (χ0v) is 16.6. The summed E-state index contributed by atoms with van der Waals surface area (Å²) in [5.41, 5.74) is 2.76. The number of carbonyl (C=O) groups excluding carboxylic acids is 2. The first-order valence-corrected chi connectivity index (χ1v) is 10.0. The van der Waals surface area contributed by atoms with E-state index >= 15 is 0 Å². The highest BCUT2D eigenvalue weighted by molar-refractivity contribution is 5.95. The van der Waals surface area contributed by atoms with Crippen LogP contribution in [0.25, 0.3) is 0 Å². The predicted molar refractivity (Wildman–Crippen MR) is 113 cm³/mol. The molecule has 2 amide bonds. The number of hydrogen-bond acceptors (Lipinski definition) is 3. The standard InChI is InChI=1S/C23H29N3O2/c1-19(27)21-10-12-22(13-11-21)24-23(28)26-16-6-15-25(17-18-26)14-5-9-20-7-3-2-4-8-20/h2-4,7-8,10-13H,5-6,9,14-18H2,1H3,(H,24,28). The first-order valence-electron chi connectivity index (χ1n) is 10.0. The molecule has 1 aliphatic rings. The van der Waals surface area contributed by atoms with Gasteiger partial charge in [-0.1, -0.05) is 30.3 Å². The van der Waals surface area contributed by atoms with Crippen LogP contribution in [0.4, 0.5) is 10.5 Å². The van der Waals surface area contributed by atoms with E-state index < -0.39 is 0 Å². The van der Waals surface area contributed by atoms with Gasteiger partial charge in [0.1, 0.15) is 0 Å². The molecular formula is C23H29N3O2. The second kappa shape index (κ2) is 10.0. The van der Waals surface area contributed by atoms with Crippen LogP contribution in [0.2, 0.25) is 0 Å². The summed E-state index contributed by atoms with van der Waals surface area (Å²) in [7, 11) is 0. The molecule has 0 atom stereocenters. The van der Waals surface area contributed by atoms with E-state index in [2.05, 4.69) is 40.5 Å². The Hall–Kier alpha value is -2.66. The van der Waals surface area contributed by atoms with Crippen LogP contribution in [0.15, 0.2) is 54.6 Å². The van der Waals surface area contributed by atoms with Gasteiger partial charge in [0.25, 0.3) is 0 Å². The molecule has 148 valence electrons. The van der Waals surface area contributed by atoms with Crippen LogP contribution < -0.4 is 5.32 Å². The number of Topliss-reactive ketones (excluding diaryl/α,β-unsaturated/α-hetero) is 1. The molecule has 1 aliphatic heterocycles. The first kappa shape index (κ1) is 20.1. The minimum atomic E-state index is -0.0679. The number of rotatable bonds is 6. The van der Waals surface area contributed by atoms with E-state index in [1.54, 1.807) is 24.3 Å². The van der Waals surface area contributed by atoms with Gasteiger partial charge in [0.2, 0.25) is 0 Å². The number of anilines is 1. The van der Waals surface area contributed by atoms with Crippen molar-refractivity contribution in [1.29, 1.82) is 0 Å². The molecule has 0 spiro atoms. The van der Waals surface area contributed by atoms with E-state index in [0.29, 0.717) is 5.56 Å². The van der Waals surface area contributed by atoms with Gasteiger partial charge in [-0.15, -0.1) is 0 Å². The molecule has 0 unspecified atom stereocenters. The van der Waals surface area contributed by atoms with Crippen LogP contribution in [0.1, 0.15) is 35.7 Å². The Morgan fingerprint density at radius 2 is 1.68 bits per heavy atom. The maximum Gasteiger partial charge on any atom is 0.321 e. The molecule has 1 saturated heterocycles. The lowest BCUT2D eigenvalue weighted by molar-refractivity contribution is 0.101. The molecule has 0 saturated carbocycles. The molecule has 2 aromatic carbocycles. The molecule has 5 nitrogen and oxygen atoms in total. The SMILES string of the molecule is CC(=O)c1ccc(NC(=O)N2CCCN(CCCc3ccccc3)CC2)cc1. The minimum absolute atomic E-state index is 0.0257. The lowest BCUT2D eigenvalue weighted by Crippen LogP contribution is -2.38. The average Bonchev–Trinajstić information content (AvgIpc) is 2.95. The number of hydrogen-bond donors (Lipinski definition) is 1. The molecule has 0 radical (unpaired) electrons. The van der Waals surface area contributed by atoms with Crippen LogP contribution in [0.5, 0.6) is 0 Å². The van der Waals surface area contributed by atoms with Gasteiger partial charge in [-0.2, -0.15) is 0 Å². The van der Waals surface area contributed by atoms with E-state index in [-0.39, 0.29) is 11.8 Å². The number of benzene rings is 2. The summed E-state index contributed by atoms with van der Waals surface area (Å²) in [5, 5.41) is 2.94. The average molecular weight is 380 g/mol. The number of aryl methyl sites for hydroxylation is 1. The van der Waals surface area contributed by atoms with Crippen molar-refractivity contribution in [2.24, 2.45) is 0 Å². The smallest absolute Gasteiger partial charge is 0.321 e. The maximum atomic E-state index is 12.6. The molecule has 28 heavy (non-hydrogen) atoms. The third kappa shape index (κ3) is 5.92.